The molecule has 1 aromatic carbocycles. The van der Waals surface area contributed by atoms with Gasteiger partial charge in [0.05, 0.1) is 11.4 Å². The molecule has 3 N–H and O–H groups in total. The number of amides is 2. The maximum atomic E-state index is 12.7. The summed E-state index contributed by atoms with van der Waals surface area (Å²) in [6, 6.07) is 7.15. The van der Waals surface area contributed by atoms with Gasteiger partial charge in [-0.05, 0) is 25.0 Å². The van der Waals surface area contributed by atoms with Crippen LogP contribution < -0.4 is 16.0 Å². The number of hydrogen-bond donors (Lipinski definition) is 3. The summed E-state index contributed by atoms with van der Waals surface area (Å²) in [4.78, 5) is 26.3. The number of rotatable bonds is 2. The van der Waals surface area contributed by atoms with Gasteiger partial charge in [-0.2, -0.15) is 0 Å². The Morgan fingerprint density at radius 3 is 2.81 bits per heavy atom. The summed E-state index contributed by atoms with van der Waals surface area (Å²) < 4.78 is 0. The van der Waals surface area contributed by atoms with Crippen molar-refractivity contribution in [1.29, 1.82) is 0 Å². The van der Waals surface area contributed by atoms with Crippen molar-refractivity contribution in [3.63, 3.8) is 0 Å². The van der Waals surface area contributed by atoms with Crippen molar-refractivity contribution < 1.29 is 9.59 Å². The molecule has 1 saturated heterocycles. The molecule has 2 heterocycles. The van der Waals surface area contributed by atoms with E-state index in [2.05, 4.69) is 16.0 Å². The second kappa shape index (κ2) is 5.63. The van der Waals surface area contributed by atoms with Crippen LogP contribution in [-0.2, 0) is 9.59 Å². The van der Waals surface area contributed by atoms with E-state index in [9.17, 15) is 9.59 Å². The molecule has 2 unspecified atom stereocenters. The Morgan fingerprint density at radius 2 is 2.05 bits per heavy atom. The van der Waals surface area contributed by atoms with Crippen LogP contribution in [0.2, 0.25) is 0 Å². The third-order valence-corrected chi connectivity index (χ3v) is 4.14. The average molecular weight is 288 g/mol. The lowest BCUT2D eigenvalue weighted by atomic mass is 10.1. The summed E-state index contributed by atoms with van der Waals surface area (Å²) in [5, 5.41) is 9.17. The van der Waals surface area contributed by atoms with Crippen molar-refractivity contribution in [2.75, 3.05) is 30.8 Å². The van der Waals surface area contributed by atoms with Crippen LogP contribution in [0.25, 0.3) is 0 Å². The monoisotopic (exact) mass is 288 g/mol. The topological polar surface area (TPSA) is 73.5 Å². The number of likely N-dealkylation sites (tertiary alicyclic amines) is 1. The SMILES string of the molecule is CNC(=O)C1CCCN1C(=O)C1CNc2ccccc2N1. The maximum absolute atomic E-state index is 12.7. The zero-order valence-corrected chi connectivity index (χ0v) is 12.1. The molecular formula is C15H20N4O2. The summed E-state index contributed by atoms with van der Waals surface area (Å²) in [6.45, 7) is 1.18. The van der Waals surface area contributed by atoms with Gasteiger partial charge in [0.1, 0.15) is 12.1 Å². The van der Waals surface area contributed by atoms with Crippen molar-refractivity contribution in [3.05, 3.63) is 24.3 Å². The lowest BCUT2D eigenvalue weighted by Crippen LogP contribution is -2.52. The number of hydrogen-bond acceptors (Lipinski definition) is 4. The van der Waals surface area contributed by atoms with Crippen LogP contribution in [-0.4, -0.2) is 48.9 Å². The largest absolute Gasteiger partial charge is 0.381 e. The van der Waals surface area contributed by atoms with Crippen molar-refractivity contribution in [3.8, 4) is 0 Å². The summed E-state index contributed by atoms with van der Waals surface area (Å²) in [6.07, 6.45) is 1.61. The van der Waals surface area contributed by atoms with Crippen LogP contribution in [0.5, 0.6) is 0 Å². The van der Waals surface area contributed by atoms with E-state index in [1.54, 1.807) is 11.9 Å². The first kappa shape index (κ1) is 13.7. The molecule has 0 bridgehead atoms. The molecule has 6 heteroatoms. The van der Waals surface area contributed by atoms with Crippen LogP contribution in [0, 0.1) is 0 Å². The number of benzene rings is 1. The zero-order valence-electron chi connectivity index (χ0n) is 12.1. The van der Waals surface area contributed by atoms with Gasteiger partial charge in [-0.25, -0.2) is 0 Å². The molecule has 0 radical (unpaired) electrons. The van der Waals surface area contributed by atoms with Gasteiger partial charge in [0, 0.05) is 20.1 Å². The van der Waals surface area contributed by atoms with Crippen molar-refractivity contribution in [2.45, 2.75) is 24.9 Å². The molecule has 0 aromatic heterocycles. The molecule has 0 saturated carbocycles. The third kappa shape index (κ3) is 2.53. The molecule has 2 atom stereocenters. The maximum Gasteiger partial charge on any atom is 0.247 e. The highest BCUT2D eigenvalue weighted by atomic mass is 16.2. The first-order valence-electron chi connectivity index (χ1n) is 7.32. The minimum absolute atomic E-state index is 0.0110. The quantitative estimate of drug-likeness (QED) is 0.746. The first-order chi connectivity index (χ1) is 10.2. The second-order valence-electron chi connectivity index (χ2n) is 5.43. The van der Waals surface area contributed by atoms with Crippen molar-refractivity contribution in [2.24, 2.45) is 0 Å². The van der Waals surface area contributed by atoms with Crippen molar-refractivity contribution in [1.82, 2.24) is 10.2 Å². The van der Waals surface area contributed by atoms with Gasteiger partial charge < -0.3 is 20.9 Å². The number of likely N-dealkylation sites (N-methyl/N-ethyl adjacent to an activating group) is 1. The zero-order chi connectivity index (χ0) is 14.8. The number of carbonyl (C=O) groups is 2. The predicted octanol–water partition coefficient (Wildman–Crippen LogP) is 0.630. The molecule has 1 aromatic rings. The number of anilines is 2. The highest BCUT2D eigenvalue weighted by molar-refractivity contribution is 5.93. The molecule has 6 nitrogen and oxygen atoms in total. The Morgan fingerprint density at radius 1 is 1.29 bits per heavy atom. The highest BCUT2D eigenvalue weighted by Crippen LogP contribution is 2.27. The smallest absolute Gasteiger partial charge is 0.247 e. The van der Waals surface area contributed by atoms with Crippen molar-refractivity contribution >= 4 is 23.2 Å². The number of nitrogens with one attached hydrogen (secondary N) is 3. The Hall–Kier alpha value is -2.24. The average Bonchev–Trinajstić information content (AvgIpc) is 3.02. The fraction of sp³-hybridized carbons (Fsp3) is 0.467. The van der Waals surface area contributed by atoms with E-state index in [-0.39, 0.29) is 23.9 Å². The van der Waals surface area contributed by atoms with E-state index in [0.29, 0.717) is 13.1 Å². The Balaban J connectivity index is 1.73. The summed E-state index contributed by atoms with van der Waals surface area (Å²) >= 11 is 0. The number of carbonyl (C=O) groups excluding carboxylic acids is 2. The van der Waals surface area contributed by atoms with Crippen LogP contribution in [0.15, 0.2) is 24.3 Å². The standard InChI is InChI=1S/C15H20N4O2/c1-16-14(20)13-7-4-8-19(13)15(21)12-9-17-10-5-2-3-6-11(10)18-12/h2-3,5-6,12-13,17-18H,4,7-9H2,1H3,(H,16,20). The fourth-order valence-corrected chi connectivity index (χ4v) is 3.03. The van der Waals surface area contributed by atoms with Gasteiger partial charge in [0.2, 0.25) is 11.8 Å². The fourth-order valence-electron chi connectivity index (χ4n) is 3.03. The second-order valence-corrected chi connectivity index (χ2v) is 5.43. The number of fused-ring (bicyclic) bond motifs is 1. The van der Waals surface area contributed by atoms with Crippen LogP contribution >= 0.6 is 0 Å². The summed E-state index contributed by atoms with van der Waals surface area (Å²) in [5.41, 5.74) is 1.93. The normalized spacial score (nSPS) is 23.8. The van der Waals surface area contributed by atoms with E-state index in [0.717, 1.165) is 24.2 Å². The van der Waals surface area contributed by atoms with Gasteiger partial charge in [-0.15, -0.1) is 0 Å². The van der Waals surface area contributed by atoms with Crippen LogP contribution in [0.1, 0.15) is 12.8 Å². The van der Waals surface area contributed by atoms with E-state index >= 15 is 0 Å². The number of para-hydroxylation sites is 2. The molecule has 0 spiro atoms. The first-order valence-corrected chi connectivity index (χ1v) is 7.32. The van der Waals surface area contributed by atoms with E-state index < -0.39 is 0 Å². The summed E-state index contributed by atoms with van der Waals surface area (Å²) in [5.74, 6) is -0.0897. The molecular weight excluding hydrogens is 268 g/mol. The third-order valence-electron chi connectivity index (χ3n) is 4.14. The molecule has 2 aliphatic rings. The van der Waals surface area contributed by atoms with Gasteiger partial charge in [0.25, 0.3) is 0 Å². The molecule has 21 heavy (non-hydrogen) atoms. The van der Waals surface area contributed by atoms with Crippen LogP contribution in [0.3, 0.4) is 0 Å². The molecule has 0 aliphatic carbocycles. The van der Waals surface area contributed by atoms with Gasteiger partial charge in [0.15, 0.2) is 0 Å². The Kier molecular flexibility index (Phi) is 3.68. The van der Waals surface area contributed by atoms with E-state index in [1.807, 2.05) is 24.3 Å². The number of nitrogens with zero attached hydrogens (tertiary/aromatic N) is 1. The lowest BCUT2D eigenvalue weighted by molar-refractivity contribution is -0.138. The molecule has 112 valence electrons. The van der Waals surface area contributed by atoms with Crippen LogP contribution in [0.4, 0.5) is 11.4 Å². The van der Waals surface area contributed by atoms with Gasteiger partial charge in [-0.1, -0.05) is 12.1 Å². The highest BCUT2D eigenvalue weighted by Gasteiger charge is 2.37. The summed E-state index contributed by atoms with van der Waals surface area (Å²) in [7, 11) is 1.61. The van der Waals surface area contributed by atoms with E-state index in [1.165, 1.54) is 0 Å². The minimum atomic E-state index is -0.332. The Bertz CT molecular complexity index is 560. The molecule has 2 amide bonds. The van der Waals surface area contributed by atoms with Gasteiger partial charge >= 0.3 is 0 Å². The molecule has 1 fully saturated rings. The van der Waals surface area contributed by atoms with E-state index in [4.69, 9.17) is 0 Å². The lowest BCUT2D eigenvalue weighted by Gasteiger charge is -2.32. The van der Waals surface area contributed by atoms with Gasteiger partial charge in [-0.3, -0.25) is 9.59 Å². The minimum Gasteiger partial charge on any atom is -0.381 e. The predicted molar refractivity (Wildman–Crippen MR) is 81.1 cm³/mol. The molecule has 3 rings (SSSR count). The molecule has 2 aliphatic heterocycles. The Labute approximate surface area is 123 Å².